The first-order chi connectivity index (χ1) is 8.20. The van der Waals surface area contributed by atoms with E-state index in [0.29, 0.717) is 5.56 Å². The second-order valence-corrected chi connectivity index (χ2v) is 5.23. The summed E-state index contributed by atoms with van der Waals surface area (Å²) in [4.78, 5) is 11.3. The average molecular weight is 298 g/mol. The Morgan fingerprint density at radius 3 is 2.88 bits per heavy atom. The van der Waals surface area contributed by atoms with Crippen molar-refractivity contribution >= 4 is 21.9 Å². The molecule has 1 aliphatic carbocycles. The van der Waals surface area contributed by atoms with Gasteiger partial charge < -0.3 is 10.1 Å². The number of hydrogen-bond acceptors (Lipinski definition) is 3. The monoisotopic (exact) mass is 297 g/mol. The first-order valence-corrected chi connectivity index (χ1v) is 6.57. The van der Waals surface area contributed by atoms with Crippen LogP contribution in [0, 0.1) is 5.92 Å². The fourth-order valence-corrected chi connectivity index (χ4v) is 2.19. The lowest BCUT2D eigenvalue weighted by Crippen LogP contribution is -2.16. The summed E-state index contributed by atoms with van der Waals surface area (Å²) >= 11 is 3.48. The highest BCUT2D eigenvalue weighted by Crippen LogP contribution is 2.28. The molecule has 2 rings (SSSR count). The molecule has 0 atom stereocenters. The Labute approximate surface area is 110 Å². The van der Waals surface area contributed by atoms with E-state index in [1.807, 2.05) is 6.07 Å². The Morgan fingerprint density at radius 1 is 1.53 bits per heavy atom. The molecule has 0 aromatic heterocycles. The summed E-state index contributed by atoms with van der Waals surface area (Å²) in [5, 5.41) is 3.42. The number of nitrogens with one attached hydrogen (secondary N) is 1. The lowest BCUT2D eigenvalue weighted by atomic mass is 10.1. The molecule has 92 valence electrons. The van der Waals surface area contributed by atoms with Crippen LogP contribution in [0.5, 0.6) is 0 Å². The van der Waals surface area contributed by atoms with Gasteiger partial charge in [-0.2, -0.15) is 0 Å². The molecule has 0 radical (unpaired) electrons. The van der Waals surface area contributed by atoms with Crippen molar-refractivity contribution in [2.45, 2.75) is 19.4 Å². The Hall–Kier alpha value is -0.870. The Morgan fingerprint density at radius 2 is 2.29 bits per heavy atom. The average Bonchev–Trinajstić information content (AvgIpc) is 3.14. The number of benzene rings is 1. The molecule has 0 aliphatic heterocycles. The van der Waals surface area contributed by atoms with Crippen molar-refractivity contribution in [3.8, 4) is 0 Å². The van der Waals surface area contributed by atoms with Crippen LogP contribution >= 0.6 is 15.9 Å². The van der Waals surface area contributed by atoms with E-state index in [2.05, 4.69) is 26.0 Å². The van der Waals surface area contributed by atoms with Crippen molar-refractivity contribution in [1.29, 1.82) is 0 Å². The van der Waals surface area contributed by atoms with Gasteiger partial charge in [0.05, 0.1) is 12.7 Å². The van der Waals surface area contributed by atoms with E-state index in [0.717, 1.165) is 23.5 Å². The molecular formula is C13H16BrNO2. The SMILES string of the molecule is COC(=O)c1ccc(CNCC2CC2)c(Br)c1. The highest BCUT2D eigenvalue weighted by Gasteiger charge is 2.20. The Balaban J connectivity index is 1.95. The maximum absolute atomic E-state index is 11.3. The third-order valence-electron chi connectivity index (χ3n) is 2.92. The number of rotatable bonds is 5. The normalized spacial score (nSPS) is 14.7. The number of methoxy groups -OCH3 is 1. The van der Waals surface area contributed by atoms with Crippen LogP contribution in [-0.2, 0) is 11.3 Å². The van der Waals surface area contributed by atoms with Crippen LogP contribution in [0.1, 0.15) is 28.8 Å². The Bertz CT molecular complexity index is 416. The third kappa shape index (κ3) is 3.54. The zero-order valence-electron chi connectivity index (χ0n) is 9.83. The van der Waals surface area contributed by atoms with E-state index in [4.69, 9.17) is 0 Å². The number of hydrogen-bond donors (Lipinski definition) is 1. The van der Waals surface area contributed by atoms with Crippen molar-refractivity contribution in [3.63, 3.8) is 0 Å². The van der Waals surface area contributed by atoms with Gasteiger partial charge in [0, 0.05) is 11.0 Å². The van der Waals surface area contributed by atoms with Crippen molar-refractivity contribution in [2.75, 3.05) is 13.7 Å². The van der Waals surface area contributed by atoms with Crippen molar-refractivity contribution in [1.82, 2.24) is 5.32 Å². The fraction of sp³-hybridized carbons (Fsp3) is 0.462. The lowest BCUT2D eigenvalue weighted by molar-refractivity contribution is 0.0600. The molecular weight excluding hydrogens is 282 g/mol. The van der Waals surface area contributed by atoms with Crippen LogP contribution in [0.4, 0.5) is 0 Å². The molecule has 1 aromatic rings. The minimum absolute atomic E-state index is 0.303. The van der Waals surface area contributed by atoms with Gasteiger partial charge in [-0.25, -0.2) is 4.79 Å². The van der Waals surface area contributed by atoms with Gasteiger partial charge in [-0.3, -0.25) is 0 Å². The molecule has 17 heavy (non-hydrogen) atoms. The molecule has 0 heterocycles. The van der Waals surface area contributed by atoms with Gasteiger partial charge in [0.15, 0.2) is 0 Å². The summed E-state index contributed by atoms with van der Waals surface area (Å²) in [6, 6.07) is 5.56. The summed E-state index contributed by atoms with van der Waals surface area (Å²) < 4.78 is 5.62. The number of carbonyl (C=O) groups excluding carboxylic acids is 1. The van der Waals surface area contributed by atoms with Gasteiger partial charge in [0.1, 0.15) is 0 Å². The van der Waals surface area contributed by atoms with Crippen LogP contribution in [0.15, 0.2) is 22.7 Å². The predicted octanol–water partition coefficient (Wildman–Crippen LogP) is 2.74. The van der Waals surface area contributed by atoms with E-state index in [9.17, 15) is 4.79 Å². The van der Waals surface area contributed by atoms with Crippen LogP contribution in [-0.4, -0.2) is 19.6 Å². The standard InChI is InChI=1S/C13H16BrNO2/c1-17-13(16)10-4-5-11(12(14)6-10)8-15-7-9-2-3-9/h4-6,9,15H,2-3,7-8H2,1H3. The highest BCUT2D eigenvalue weighted by molar-refractivity contribution is 9.10. The second kappa shape index (κ2) is 5.65. The second-order valence-electron chi connectivity index (χ2n) is 4.37. The zero-order chi connectivity index (χ0) is 12.3. The molecule has 1 aliphatic rings. The molecule has 0 amide bonds. The van der Waals surface area contributed by atoms with Gasteiger partial charge in [-0.1, -0.05) is 22.0 Å². The maximum atomic E-state index is 11.3. The molecule has 1 saturated carbocycles. The minimum Gasteiger partial charge on any atom is -0.465 e. The van der Waals surface area contributed by atoms with Crippen molar-refractivity contribution in [2.24, 2.45) is 5.92 Å². The lowest BCUT2D eigenvalue weighted by Gasteiger charge is -2.07. The van der Waals surface area contributed by atoms with E-state index in [-0.39, 0.29) is 5.97 Å². The summed E-state index contributed by atoms with van der Waals surface area (Å²) in [5.41, 5.74) is 1.74. The molecule has 0 unspecified atom stereocenters. The molecule has 4 heteroatoms. The van der Waals surface area contributed by atoms with Crippen LogP contribution in [0.3, 0.4) is 0 Å². The quantitative estimate of drug-likeness (QED) is 0.850. The summed E-state index contributed by atoms with van der Waals surface area (Å²) in [6.07, 6.45) is 2.71. The molecule has 3 nitrogen and oxygen atoms in total. The highest BCUT2D eigenvalue weighted by atomic mass is 79.9. The van der Waals surface area contributed by atoms with E-state index in [1.54, 1.807) is 12.1 Å². The number of esters is 1. The van der Waals surface area contributed by atoms with Gasteiger partial charge >= 0.3 is 5.97 Å². The molecule has 0 spiro atoms. The van der Waals surface area contributed by atoms with E-state index in [1.165, 1.54) is 25.5 Å². The van der Waals surface area contributed by atoms with Gasteiger partial charge in [0.2, 0.25) is 0 Å². The van der Waals surface area contributed by atoms with E-state index >= 15 is 0 Å². The topological polar surface area (TPSA) is 38.3 Å². The Kier molecular flexibility index (Phi) is 4.18. The zero-order valence-corrected chi connectivity index (χ0v) is 11.4. The first-order valence-electron chi connectivity index (χ1n) is 5.78. The van der Waals surface area contributed by atoms with Gasteiger partial charge in [-0.05, 0) is 43.0 Å². The van der Waals surface area contributed by atoms with Gasteiger partial charge in [0.25, 0.3) is 0 Å². The molecule has 1 N–H and O–H groups in total. The number of carbonyl (C=O) groups is 1. The van der Waals surface area contributed by atoms with Crippen LogP contribution in [0.2, 0.25) is 0 Å². The largest absolute Gasteiger partial charge is 0.465 e. The number of halogens is 1. The molecule has 1 aromatic carbocycles. The van der Waals surface area contributed by atoms with Crippen molar-refractivity contribution < 1.29 is 9.53 Å². The summed E-state index contributed by atoms with van der Waals surface area (Å²) in [6.45, 7) is 1.92. The van der Waals surface area contributed by atoms with Crippen LogP contribution < -0.4 is 5.32 Å². The van der Waals surface area contributed by atoms with E-state index < -0.39 is 0 Å². The molecule has 0 bridgehead atoms. The molecule has 0 saturated heterocycles. The smallest absolute Gasteiger partial charge is 0.337 e. The summed E-state index contributed by atoms with van der Waals surface area (Å²) in [7, 11) is 1.39. The van der Waals surface area contributed by atoms with Crippen molar-refractivity contribution in [3.05, 3.63) is 33.8 Å². The fourth-order valence-electron chi connectivity index (χ4n) is 1.67. The molecule has 1 fully saturated rings. The van der Waals surface area contributed by atoms with Crippen LogP contribution in [0.25, 0.3) is 0 Å². The van der Waals surface area contributed by atoms with Gasteiger partial charge in [-0.15, -0.1) is 0 Å². The number of ether oxygens (including phenoxy) is 1. The third-order valence-corrected chi connectivity index (χ3v) is 3.66. The minimum atomic E-state index is -0.303. The first kappa shape index (κ1) is 12.6. The predicted molar refractivity (Wildman–Crippen MR) is 69.9 cm³/mol. The summed E-state index contributed by atoms with van der Waals surface area (Å²) in [5.74, 6) is 0.575. The maximum Gasteiger partial charge on any atom is 0.337 e.